The van der Waals surface area contributed by atoms with Crippen LogP contribution in [0.25, 0.3) is 22.7 Å². The first-order valence-electron chi connectivity index (χ1n) is 9.35. The smallest absolute Gasteiger partial charge is 0.256 e. The van der Waals surface area contributed by atoms with Gasteiger partial charge in [-0.15, -0.1) is 0 Å². The van der Waals surface area contributed by atoms with E-state index in [9.17, 15) is 4.79 Å². The fraction of sp³-hybridized carbons (Fsp3) is 0.0909. The number of aromatic amines is 2. The highest BCUT2D eigenvalue weighted by Gasteiger charge is 2.28. The lowest BCUT2D eigenvalue weighted by Gasteiger charge is -2.04. The first kappa shape index (κ1) is 17.9. The molecule has 2 aromatic carbocycles. The quantitative estimate of drug-likeness (QED) is 0.376. The van der Waals surface area contributed by atoms with Crippen molar-refractivity contribution in [3.8, 4) is 11.5 Å². The van der Waals surface area contributed by atoms with Gasteiger partial charge in [0, 0.05) is 17.4 Å². The first-order chi connectivity index (χ1) is 14.7. The van der Waals surface area contributed by atoms with Crippen molar-refractivity contribution in [1.82, 2.24) is 15.0 Å². The molecule has 1 aliphatic heterocycles. The molecule has 4 N–H and O–H groups in total. The number of nitrogens with one attached hydrogen (secondary N) is 4. The highest BCUT2D eigenvalue weighted by Crippen LogP contribution is 2.39. The summed E-state index contributed by atoms with van der Waals surface area (Å²) >= 11 is 0. The van der Waals surface area contributed by atoms with E-state index in [1.54, 1.807) is 26.5 Å². The molecule has 1 aliphatic rings. The second kappa shape index (κ2) is 7.00. The summed E-state index contributed by atoms with van der Waals surface area (Å²) in [7, 11) is 3.22. The molecule has 4 aromatic rings. The van der Waals surface area contributed by atoms with Crippen LogP contribution in [0.2, 0.25) is 0 Å². The lowest BCUT2D eigenvalue weighted by atomic mass is 10.0. The van der Waals surface area contributed by atoms with E-state index in [0.717, 1.165) is 33.9 Å². The molecule has 0 radical (unpaired) electrons. The summed E-state index contributed by atoms with van der Waals surface area (Å²) in [5.41, 5.74) is 5.13. The standard InChI is InChI=1S/C22H19N5O3/c1-29-13-5-3-12(4-6-13)24-22-26-16-8-7-15-19(20(16)27-22)14(21(28)25-15)11-17-18(30-2)9-10-23-17/h3-11,23H,1-2H3,(H,25,28)(H2,24,26,27)/b14-11+. The van der Waals surface area contributed by atoms with Crippen molar-refractivity contribution < 1.29 is 14.3 Å². The van der Waals surface area contributed by atoms with E-state index >= 15 is 0 Å². The van der Waals surface area contributed by atoms with Crippen LogP contribution < -0.4 is 20.1 Å². The van der Waals surface area contributed by atoms with Crippen molar-refractivity contribution in [1.29, 1.82) is 0 Å². The second-order valence-corrected chi connectivity index (χ2v) is 6.80. The van der Waals surface area contributed by atoms with E-state index < -0.39 is 0 Å². The Morgan fingerprint density at radius 2 is 1.87 bits per heavy atom. The number of imidazole rings is 1. The molecule has 0 fully saturated rings. The number of hydrogen-bond acceptors (Lipinski definition) is 5. The van der Waals surface area contributed by atoms with Crippen LogP contribution in [-0.2, 0) is 4.79 Å². The van der Waals surface area contributed by atoms with Crippen LogP contribution in [-0.4, -0.2) is 35.1 Å². The van der Waals surface area contributed by atoms with Crippen molar-refractivity contribution in [3.63, 3.8) is 0 Å². The molecule has 0 bridgehead atoms. The number of amides is 1. The zero-order valence-corrected chi connectivity index (χ0v) is 16.4. The van der Waals surface area contributed by atoms with Crippen LogP contribution >= 0.6 is 0 Å². The van der Waals surface area contributed by atoms with Crippen LogP contribution in [0.5, 0.6) is 11.5 Å². The maximum atomic E-state index is 12.7. The number of carbonyl (C=O) groups is 1. The second-order valence-electron chi connectivity index (χ2n) is 6.80. The van der Waals surface area contributed by atoms with Crippen LogP contribution in [0.15, 0.2) is 48.7 Å². The Labute approximate surface area is 171 Å². The molecule has 8 heteroatoms. The van der Waals surface area contributed by atoms with Gasteiger partial charge in [0.1, 0.15) is 17.0 Å². The maximum Gasteiger partial charge on any atom is 0.256 e. The number of nitrogens with zero attached hydrogens (tertiary/aromatic N) is 1. The van der Waals surface area contributed by atoms with Crippen LogP contribution in [0.4, 0.5) is 17.3 Å². The summed E-state index contributed by atoms with van der Waals surface area (Å²) in [6.45, 7) is 0. The molecule has 0 unspecified atom stereocenters. The number of H-pyrrole nitrogens is 2. The lowest BCUT2D eigenvalue weighted by Crippen LogP contribution is -2.03. The lowest BCUT2D eigenvalue weighted by molar-refractivity contribution is -0.110. The molecular formula is C22H19N5O3. The average Bonchev–Trinajstić information content (AvgIpc) is 3.45. The zero-order chi connectivity index (χ0) is 20.7. The van der Waals surface area contributed by atoms with Gasteiger partial charge < -0.3 is 30.1 Å². The number of carbonyl (C=O) groups excluding carboxylic acids is 1. The molecule has 0 spiro atoms. The Kier molecular flexibility index (Phi) is 4.17. The largest absolute Gasteiger partial charge is 0.497 e. The fourth-order valence-electron chi connectivity index (χ4n) is 3.57. The molecule has 3 heterocycles. The topological polar surface area (TPSA) is 104 Å². The number of methoxy groups -OCH3 is 2. The summed E-state index contributed by atoms with van der Waals surface area (Å²) in [4.78, 5) is 23.7. The highest BCUT2D eigenvalue weighted by atomic mass is 16.5. The van der Waals surface area contributed by atoms with Gasteiger partial charge in [0.15, 0.2) is 0 Å². The molecule has 1 amide bonds. The van der Waals surface area contributed by atoms with E-state index in [4.69, 9.17) is 14.5 Å². The van der Waals surface area contributed by atoms with Gasteiger partial charge in [-0.25, -0.2) is 4.98 Å². The number of benzene rings is 2. The van der Waals surface area contributed by atoms with Gasteiger partial charge >= 0.3 is 0 Å². The van der Waals surface area contributed by atoms with Crippen LogP contribution in [0.1, 0.15) is 11.3 Å². The molecule has 5 rings (SSSR count). The van der Waals surface area contributed by atoms with Crippen molar-refractivity contribution in [2.24, 2.45) is 0 Å². The van der Waals surface area contributed by atoms with Crippen molar-refractivity contribution in [2.45, 2.75) is 0 Å². The van der Waals surface area contributed by atoms with Gasteiger partial charge in [-0.1, -0.05) is 0 Å². The highest BCUT2D eigenvalue weighted by molar-refractivity contribution is 6.37. The van der Waals surface area contributed by atoms with Gasteiger partial charge in [0.05, 0.1) is 36.7 Å². The van der Waals surface area contributed by atoms with E-state index in [2.05, 4.69) is 20.6 Å². The van der Waals surface area contributed by atoms with E-state index in [1.165, 1.54) is 0 Å². The molecular weight excluding hydrogens is 382 g/mol. The summed E-state index contributed by atoms with van der Waals surface area (Å²) in [6.07, 6.45) is 3.55. The maximum absolute atomic E-state index is 12.7. The summed E-state index contributed by atoms with van der Waals surface area (Å²) < 4.78 is 10.5. The Hall–Kier alpha value is -4.20. The van der Waals surface area contributed by atoms with E-state index in [1.807, 2.05) is 42.5 Å². The van der Waals surface area contributed by atoms with Crippen molar-refractivity contribution >= 4 is 45.9 Å². The first-order valence-corrected chi connectivity index (χ1v) is 9.35. The Bertz CT molecular complexity index is 1280. The van der Waals surface area contributed by atoms with Crippen molar-refractivity contribution in [2.75, 3.05) is 24.9 Å². The van der Waals surface area contributed by atoms with Gasteiger partial charge in [0.2, 0.25) is 5.95 Å². The number of ether oxygens (including phenoxy) is 2. The summed E-state index contributed by atoms with van der Waals surface area (Å²) in [5, 5.41) is 6.16. The third-order valence-corrected chi connectivity index (χ3v) is 5.02. The molecule has 8 nitrogen and oxygen atoms in total. The molecule has 30 heavy (non-hydrogen) atoms. The number of hydrogen-bond donors (Lipinski definition) is 4. The predicted molar refractivity (Wildman–Crippen MR) is 116 cm³/mol. The Morgan fingerprint density at radius 3 is 2.63 bits per heavy atom. The average molecular weight is 401 g/mol. The summed E-state index contributed by atoms with van der Waals surface area (Å²) in [5.74, 6) is 1.85. The van der Waals surface area contributed by atoms with E-state index in [0.29, 0.717) is 22.8 Å². The van der Waals surface area contributed by atoms with Gasteiger partial charge in [-0.2, -0.15) is 0 Å². The van der Waals surface area contributed by atoms with Gasteiger partial charge in [-0.05, 0) is 48.5 Å². The SMILES string of the molecule is COc1ccc(Nc2nc3c4c(ccc3[nH]2)NC(=O)/C4=C/c2[nH]ccc2OC)cc1. The van der Waals surface area contributed by atoms with Gasteiger partial charge in [-0.3, -0.25) is 4.79 Å². The normalized spacial score (nSPS) is 14.1. The number of anilines is 3. The Morgan fingerprint density at radius 1 is 1.03 bits per heavy atom. The minimum Gasteiger partial charge on any atom is -0.497 e. The molecule has 0 aliphatic carbocycles. The monoisotopic (exact) mass is 401 g/mol. The molecule has 0 atom stereocenters. The number of rotatable bonds is 5. The Balaban J connectivity index is 1.56. The minimum absolute atomic E-state index is 0.179. The molecule has 0 saturated carbocycles. The van der Waals surface area contributed by atoms with E-state index in [-0.39, 0.29) is 5.91 Å². The van der Waals surface area contributed by atoms with Gasteiger partial charge in [0.25, 0.3) is 5.91 Å². The molecule has 0 saturated heterocycles. The minimum atomic E-state index is -0.179. The zero-order valence-electron chi connectivity index (χ0n) is 16.4. The third-order valence-electron chi connectivity index (χ3n) is 5.02. The predicted octanol–water partition coefficient (Wildman–Crippen LogP) is 4.14. The van der Waals surface area contributed by atoms with Crippen molar-refractivity contribution in [3.05, 3.63) is 59.9 Å². The number of aromatic nitrogens is 3. The molecule has 2 aromatic heterocycles. The third kappa shape index (κ3) is 2.95. The fourth-order valence-corrected chi connectivity index (χ4v) is 3.57. The van der Waals surface area contributed by atoms with Crippen LogP contribution in [0, 0.1) is 0 Å². The number of fused-ring (bicyclic) bond motifs is 3. The summed E-state index contributed by atoms with van der Waals surface area (Å²) in [6, 6.07) is 13.1. The van der Waals surface area contributed by atoms with Crippen LogP contribution in [0.3, 0.4) is 0 Å². The molecule has 150 valence electrons.